The van der Waals surface area contributed by atoms with Gasteiger partial charge in [-0.15, -0.1) is 0 Å². The van der Waals surface area contributed by atoms with E-state index in [0.717, 1.165) is 5.56 Å². The Morgan fingerprint density at radius 2 is 1.80 bits per heavy atom. The molecule has 2 amide bonds. The normalized spacial score (nSPS) is 16.4. The van der Waals surface area contributed by atoms with Crippen molar-refractivity contribution in [2.24, 2.45) is 0 Å². The van der Waals surface area contributed by atoms with E-state index in [-0.39, 0.29) is 10.6 Å². The van der Waals surface area contributed by atoms with Gasteiger partial charge in [-0.2, -0.15) is 0 Å². The molecule has 0 saturated heterocycles. The minimum atomic E-state index is -4.08. The van der Waals surface area contributed by atoms with Crippen molar-refractivity contribution in [2.75, 3.05) is 7.11 Å². The standard InChI is InChI=1S/C17H17N3O4S/c1-24-15-9-5-6-10-16(15)25(22,23)19-17(21)20-14(11-12-18-20)13-7-3-2-4-8-13/h2-12,14,18H,1H3,(H,19,21). The van der Waals surface area contributed by atoms with Crippen LogP contribution < -0.4 is 14.9 Å². The van der Waals surface area contributed by atoms with Crippen LogP contribution in [-0.2, 0) is 10.0 Å². The summed E-state index contributed by atoms with van der Waals surface area (Å²) in [5.41, 5.74) is 3.61. The number of sulfonamides is 1. The second-order valence-electron chi connectivity index (χ2n) is 5.28. The lowest BCUT2D eigenvalue weighted by atomic mass is 10.1. The number of carbonyl (C=O) groups excluding carboxylic acids is 1. The molecule has 2 aromatic carbocycles. The quantitative estimate of drug-likeness (QED) is 0.874. The van der Waals surface area contributed by atoms with Crippen molar-refractivity contribution in [3.8, 4) is 5.75 Å². The molecule has 1 heterocycles. The van der Waals surface area contributed by atoms with Gasteiger partial charge in [-0.1, -0.05) is 42.5 Å². The van der Waals surface area contributed by atoms with Crippen LogP contribution in [0.2, 0.25) is 0 Å². The van der Waals surface area contributed by atoms with Gasteiger partial charge in [-0.05, 0) is 23.8 Å². The van der Waals surface area contributed by atoms with Crippen LogP contribution in [0.4, 0.5) is 4.79 Å². The van der Waals surface area contributed by atoms with Gasteiger partial charge in [-0.3, -0.25) is 0 Å². The highest BCUT2D eigenvalue weighted by Gasteiger charge is 2.30. The lowest BCUT2D eigenvalue weighted by molar-refractivity contribution is 0.181. The van der Waals surface area contributed by atoms with Gasteiger partial charge < -0.3 is 10.2 Å². The number of hydrogen-bond acceptors (Lipinski definition) is 5. The lowest BCUT2D eigenvalue weighted by Crippen LogP contribution is -2.47. The Balaban J connectivity index is 1.82. The van der Waals surface area contributed by atoms with Gasteiger partial charge in [0, 0.05) is 6.20 Å². The summed E-state index contributed by atoms with van der Waals surface area (Å²) in [5, 5.41) is 1.21. The first kappa shape index (κ1) is 16.8. The van der Waals surface area contributed by atoms with Gasteiger partial charge in [0.15, 0.2) is 0 Å². The topological polar surface area (TPSA) is 87.7 Å². The van der Waals surface area contributed by atoms with Gasteiger partial charge in [0.2, 0.25) is 0 Å². The smallest absolute Gasteiger partial charge is 0.350 e. The average Bonchev–Trinajstić information content (AvgIpc) is 3.12. The molecule has 0 bridgehead atoms. The number of urea groups is 1. The number of rotatable bonds is 4. The van der Waals surface area contributed by atoms with Crippen molar-refractivity contribution >= 4 is 16.1 Å². The van der Waals surface area contributed by atoms with E-state index in [1.54, 1.807) is 24.4 Å². The zero-order valence-electron chi connectivity index (χ0n) is 13.4. The number of nitrogens with zero attached hydrogens (tertiary/aromatic N) is 1. The molecular formula is C17H17N3O4S. The summed E-state index contributed by atoms with van der Waals surface area (Å²) in [6, 6.07) is 14.2. The molecule has 1 aliphatic rings. The van der Waals surface area contributed by atoms with Crippen LogP contribution in [0.5, 0.6) is 5.75 Å². The van der Waals surface area contributed by atoms with E-state index < -0.39 is 22.1 Å². The van der Waals surface area contributed by atoms with Crippen LogP contribution >= 0.6 is 0 Å². The van der Waals surface area contributed by atoms with Gasteiger partial charge in [-0.25, -0.2) is 22.9 Å². The first-order valence-electron chi connectivity index (χ1n) is 7.50. The molecule has 0 aromatic heterocycles. The maximum atomic E-state index is 12.5. The average molecular weight is 359 g/mol. The van der Waals surface area contributed by atoms with Crippen molar-refractivity contribution in [1.29, 1.82) is 0 Å². The van der Waals surface area contributed by atoms with E-state index in [2.05, 4.69) is 10.1 Å². The van der Waals surface area contributed by atoms with Crippen LogP contribution in [-0.4, -0.2) is 26.6 Å². The number of ether oxygens (including phenoxy) is 1. The first-order valence-corrected chi connectivity index (χ1v) is 8.98. The number of hydrogen-bond donors (Lipinski definition) is 2. The Morgan fingerprint density at radius 1 is 1.12 bits per heavy atom. The van der Waals surface area contributed by atoms with Gasteiger partial charge in [0.1, 0.15) is 10.6 Å². The molecule has 25 heavy (non-hydrogen) atoms. The van der Waals surface area contributed by atoms with Crippen molar-refractivity contribution in [3.05, 3.63) is 72.4 Å². The summed E-state index contributed by atoms with van der Waals surface area (Å²) in [4.78, 5) is 12.4. The van der Waals surface area contributed by atoms with Gasteiger partial charge in [0.25, 0.3) is 10.0 Å². The van der Waals surface area contributed by atoms with E-state index >= 15 is 0 Å². The molecule has 0 spiro atoms. The predicted octanol–water partition coefficient (Wildman–Crippen LogP) is 2.17. The monoisotopic (exact) mass is 359 g/mol. The van der Waals surface area contributed by atoms with E-state index in [1.165, 1.54) is 24.3 Å². The van der Waals surface area contributed by atoms with E-state index in [1.807, 2.05) is 30.3 Å². The highest BCUT2D eigenvalue weighted by Crippen LogP contribution is 2.26. The lowest BCUT2D eigenvalue weighted by Gasteiger charge is -2.25. The predicted molar refractivity (Wildman–Crippen MR) is 92.0 cm³/mol. The fourth-order valence-corrected chi connectivity index (χ4v) is 3.65. The molecule has 8 heteroatoms. The summed E-state index contributed by atoms with van der Waals surface area (Å²) in [6.45, 7) is 0. The maximum absolute atomic E-state index is 12.5. The van der Waals surface area contributed by atoms with Crippen LogP contribution in [0.15, 0.2) is 71.8 Å². The molecule has 2 N–H and O–H groups in total. The van der Waals surface area contributed by atoms with Crippen LogP contribution in [0.1, 0.15) is 11.6 Å². The third-order valence-corrected chi connectivity index (χ3v) is 5.07. The number of para-hydroxylation sites is 1. The molecule has 130 valence electrons. The maximum Gasteiger partial charge on any atom is 0.350 e. The van der Waals surface area contributed by atoms with Gasteiger partial charge >= 0.3 is 6.03 Å². The van der Waals surface area contributed by atoms with Crippen LogP contribution in [0, 0.1) is 0 Å². The van der Waals surface area contributed by atoms with E-state index in [0.29, 0.717) is 0 Å². The third-order valence-electron chi connectivity index (χ3n) is 3.71. The van der Waals surface area contributed by atoms with Gasteiger partial charge in [0.05, 0.1) is 13.2 Å². The summed E-state index contributed by atoms with van der Waals surface area (Å²) >= 11 is 0. The molecule has 1 aliphatic heterocycles. The zero-order valence-corrected chi connectivity index (χ0v) is 14.2. The van der Waals surface area contributed by atoms with Crippen molar-refractivity contribution < 1.29 is 17.9 Å². The fraction of sp³-hybridized carbons (Fsp3) is 0.118. The number of benzene rings is 2. The molecule has 0 fully saturated rings. The molecule has 0 radical (unpaired) electrons. The second-order valence-corrected chi connectivity index (χ2v) is 6.93. The highest BCUT2D eigenvalue weighted by atomic mass is 32.2. The second kappa shape index (κ2) is 6.86. The SMILES string of the molecule is COc1ccccc1S(=O)(=O)NC(=O)N1NC=CC1c1ccccc1. The molecule has 1 unspecified atom stereocenters. The Morgan fingerprint density at radius 3 is 2.52 bits per heavy atom. The first-order chi connectivity index (χ1) is 12.0. The Hall–Kier alpha value is -3.00. The molecule has 1 atom stereocenters. The van der Waals surface area contributed by atoms with Crippen molar-refractivity contribution in [1.82, 2.24) is 15.2 Å². The number of carbonyl (C=O) groups is 1. The van der Waals surface area contributed by atoms with Crippen molar-refractivity contribution in [2.45, 2.75) is 10.9 Å². The molecule has 7 nitrogen and oxygen atoms in total. The Bertz CT molecular complexity index is 897. The van der Waals surface area contributed by atoms with E-state index in [4.69, 9.17) is 4.74 Å². The Kier molecular flexibility index (Phi) is 4.62. The molecule has 0 saturated carbocycles. The highest BCUT2D eigenvalue weighted by molar-refractivity contribution is 7.90. The molecule has 0 aliphatic carbocycles. The summed E-state index contributed by atoms with van der Waals surface area (Å²) in [6.07, 6.45) is 3.36. The van der Waals surface area contributed by atoms with Crippen LogP contribution in [0.25, 0.3) is 0 Å². The fourth-order valence-electron chi connectivity index (χ4n) is 2.54. The Labute approximate surface area is 145 Å². The summed E-state index contributed by atoms with van der Waals surface area (Å²) in [7, 11) is -2.71. The zero-order chi connectivity index (χ0) is 17.9. The number of nitrogens with one attached hydrogen (secondary N) is 2. The minimum Gasteiger partial charge on any atom is -0.495 e. The minimum absolute atomic E-state index is 0.103. The molecule has 2 aromatic rings. The third kappa shape index (κ3) is 3.43. The number of hydrazine groups is 1. The summed E-state index contributed by atoms with van der Waals surface area (Å²) < 4.78 is 32.2. The van der Waals surface area contributed by atoms with E-state index in [9.17, 15) is 13.2 Å². The number of methoxy groups -OCH3 is 1. The van der Waals surface area contributed by atoms with Crippen LogP contribution in [0.3, 0.4) is 0 Å². The van der Waals surface area contributed by atoms with Crippen molar-refractivity contribution in [3.63, 3.8) is 0 Å². The number of amides is 2. The largest absolute Gasteiger partial charge is 0.495 e. The molecule has 3 rings (SSSR count). The summed E-state index contributed by atoms with van der Waals surface area (Å²) in [5.74, 6) is 0.162. The molecular weight excluding hydrogens is 342 g/mol.